The van der Waals surface area contributed by atoms with E-state index in [9.17, 15) is 5.26 Å². The highest BCUT2D eigenvalue weighted by Crippen LogP contribution is 2.32. The summed E-state index contributed by atoms with van der Waals surface area (Å²) in [7, 11) is 1.56. The van der Waals surface area contributed by atoms with E-state index in [0.29, 0.717) is 17.2 Å². The Morgan fingerprint density at radius 2 is 2.18 bits per heavy atom. The number of hydrogen-bond acceptors (Lipinski definition) is 6. The van der Waals surface area contributed by atoms with Gasteiger partial charge in [-0.15, -0.1) is 5.10 Å². The zero-order valence-electron chi connectivity index (χ0n) is 12.6. The van der Waals surface area contributed by atoms with Gasteiger partial charge in [-0.05, 0) is 43.4 Å². The first-order chi connectivity index (χ1) is 10.7. The monoisotopic (exact) mass is 312 g/mol. The van der Waals surface area contributed by atoms with Crippen LogP contribution >= 0.6 is 11.8 Å². The predicted octanol–water partition coefficient (Wildman–Crippen LogP) is 2.84. The fourth-order valence-corrected chi connectivity index (χ4v) is 3.61. The molecule has 0 saturated carbocycles. The second kappa shape index (κ2) is 6.32. The van der Waals surface area contributed by atoms with E-state index in [0.717, 1.165) is 41.2 Å². The molecule has 0 aliphatic heterocycles. The summed E-state index contributed by atoms with van der Waals surface area (Å²) in [6.45, 7) is 2.03. The summed E-state index contributed by atoms with van der Waals surface area (Å²) in [5.41, 5.74) is 5.06. The maximum atomic E-state index is 9.45. The van der Waals surface area contributed by atoms with Gasteiger partial charge in [0, 0.05) is 17.5 Å². The molecule has 2 heterocycles. The Labute approximate surface area is 133 Å². The van der Waals surface area contributed by atoms with Crippen molar-refractivity contribution >= 4 is 11.8 Å². The average Bonchev–Trinajstić information content (AvgIpc) is 3.02. The molecule has 1 aliphatic carbocycles. The van der Waals surface area contributed by atoms with E-state index in [1.54, 1.807) is 24.9 Å². The molecule has 0 radical (unpaired) electrons. The van der Waals surface area contributed by atoms with Crippen molar-refractivity contribution in [2.75, 3.05) is 7.11 Å². The van der Waals surface area contributed by atoms with Gasteiger partial charge in [-0.1, -0.05) is 11.8 Å². The second-order valence-corrected chi connectivity index (χ2v) is 6.13. The van der Waals surface area contributed by atoms with Crippen LogP contribution in [0.4, 0.5) is 0 Å². The van der Waals surface area contributed by atoms with Gasteiger partial charge in [0.25, 0.3) is 0 Å². The van der Waals surface area contributed by atoms with Gasteiger partial charge in [0.05, 0.1) is 18.4 Å². The minimum absolute atomic E-state index is 0.498. The molecule has 1 aliphatic rings. The van der Waals surface area contributed by atoms with E-state index >= 15 is 0 Å². The first kappa shape index (κ1) is 14.8. The van der Waals surface area contributed by atoms with Crippen molar-refractivity contribution in [2.45, 2.75) is 37.0 Å². The van der Waals surface area contributed by atoms with Crippen LogP contribution in [0.3, 0.4) is 0 Å². The highest BCUT2D eigenvalue weighted by Gasteiger charge is 2.20. The van der Waals surface area contributed by atoms with E-state index in [-0.39, 0.29) is 0 Å². The lowest BCUT2D eigenvalue weighted by molar-refractivity contribution is 0.391. The number of fused-ring (bicyclic) bond motifs is 1. The second-order valence-electron chi connectivity index (χ2n) is 5.16. The van der Waals surface area contributed by atoms with Crippen LogP contribution in [0.25, 0.3) is 0 Å². The van der Waals surface area contributed by atoms with E-state index in [1.807, 2.05) is 13.0 Å². The lowest BCUT2D eigenvalue weighted by Gasteiger charge is -2.10. The third-order valence-electron chi connectivity index (χ3n) is 3.84. The molecule has 6 heteroatoms. The molecule has 112 valence electrons. The molecule has 0 spiro atoms. The Balaban J connectivity index is 1.83. The quantitative estimate of drug-likeness (QED) is 0.808. The molecular formula is C16H16N4OS. The number of hydrogen-bond donors (Lipinski definition) is 0. The molecule has 22 heavy (non-hydrogen) atoms. The predicted molar refractivity (Wildman–Crippen MR) is 83.9 cm³/mol. The normalized spacial score (nSPS) is 12.8. The molecule has 0 unspecified atom stereocenters. The van der Waals surface area contributed by atoms with Crippen molar-refractivity contribution in [1.29, 1.82) is 5.26 Å². The first-order valence-electron chi connectivity index (χ1n) is 7.14. The molecule has 0 N–H and O–H groups in total. The van der Waals surface area contributed by atoms with Crippen LogP contribution in [0.15, 0.2) is 17.2 Å². The fraction of sp³-hybridized carbons (Fsp3) is 0.375. The number of aromatic nitrogens is 3. The van der Waals surface area contributed by atoms with Crippen LogP contribution in [0.5, 0.6) is 5.88 Å². The fourth-order valence-electron chi connectivity index (χ4n) is 2.66. The Morgan fingerprint density at radius 3 is 2.86 bits per heavy atom. The SMILES string of the molecule is COc1ccc(CSc2nc3c(c(C)c2C#N)CCC3)nn1. The largest absolute Gasteiger partial charge is 0.480 e. The average molecular weight is 312 g/mol. The molecule has 0 bridgehead atoms. The first-order valence-corrected chi connectivity index (χ1v) is 8.13. The minimum Gasteiger partial charge on any atom is -0.480 e. The highest BCUT2D eigenvalue weighted by atomic mass is 32.2. The van der Waals surface area contributed by atoms with Crippen molar-refractivity contribution in [1.82, 2.24) is 15.2 Å². The Hall–Kier alpha value is -2.13. The summed E-state index contributed by atoms with van der Waals surface area (Å²) >= 11 is 1.54. The molecule has 2 aromatic heterocycles. The van der Waals surface area contributed by atoms with E-state index in [1.165, 1.54) is 5.56 Å². The molecule has 0 fully saturated rings. The molecule has 0 saturated heterocycles. The van der Waals surface area contributed by atoms with Gasteiger partial charge in [0.1, 0.15) is 11.1 Å². The number of nitriles is 1. The van der Waals surface area contributed by atoms with E-state index in [2.05, 4.69) is 16.3 Å². The van der Waals surface area contributed by atoms with Gasteiger partial charge in [-0.3, -0.25) is 0 Å². The molecule has 0 aromatic carbocycles. The number of thioether (sulfide) groups is 1. The minimum atomic E-state index is 0.498. The van der Waals surface area contributed by atoms with E-state index in [4.69, 9.17) is 9.72 Å². The van der Waals surface area contributed by atoms with Crippen LogP contribution in [-0.2, 0) is 18.6 Å². The van der Waals surface area contributed by atoms with Gasteiger partial charge in [-0.25, -0.2) is 4.98 Å². The Morgan fingerprint density at radius 1 is 1.32 bits per heavy atom. The number of ether oxygens (including phenoxy) is 1. The van der Waals surface area contributed by atoms with Crippen LogP contribution in [0, 0.1) is 18.3 Å². The summed E-state index contributed by atoms with van der Waals surface area (Å²) in [4.78, 5) is 4.70. The summed E-state index contributed by atoms with van der Waals surface area (Å²) in [5, 5.41) is 18.3. The van der Waals surface area contributed by atoms with Crippen LogP contribution in [0.1, 0.15) is 34.5 Å². The van der Waals surface area contributed by atoms with E-state index < -0.39 is 0 Å². The molecule has 3 rings (SSSR count). The van der Waals surface area contributed by atoms with Crippen molar-refractivity contribution in [3.63, 3.8) is 0 Å². The van der Waals surface area contributed by atoms with Gasteiger partial charge in [0.2, 0.25) is 5.88 Å². The lowest BCUT2D eigenvalue weighted by atomic mass is 10.0. The summed E-state index contributed by atoms with van der Waals surface area (Å²) in [5.74, 6) is 1.13. The Bertz CT molecular complexity index is 737. The number of methoxy groups -OCH3 is 1. The number of aryl methyl sites for hydroxylation is 1. The number of nitrogens with zero attached hydrogens (tertiary/aromatic N) is 4. The molecular weight excluding hydrogens is 296 g/mol. The molecule has 2 aromatic rings. The van der Waals surface area contributed by atoms with Crippen LogP contribution in [-0.4, -0.2) is 22.3 Å². The topological polar surface area (TPSA) is 71.7 Å². The van der Waals surface area contributed by atoms with Gasteiger partial charge in [0.15, 0.2) is 0 Å². The van der Waals surface area contributed by atoms with Crippen molar-refractivity contribution in [3.05, 3.63) is 40.2 Å². The highest BCUT2D eigenvalue weighted by molar-refractivity contribution is 7.98. The third-order valence-corrected chi connectivity index (χ3v) is 4.85. The maximum Gasteiger partial charge on any atom is 0.233 e. The maximum absolute atomic E-state index is 9.45. The van der Waals surface area contributed by atoms with Crippen molar-refractivity contribution < 1.29 is 4.74 Å². The summed E-state index contributed by atoms with van der Waals surface area (Å²) in [6.07, 6.45) is 3.18. The lowest BCUT2D eigenvalue weighted by Crippen LogP contribution is -2.01. The van der Waals surface area contributed by atoms with Crippen molar-refractivity contribution in [3.8, 4) is 11.9 Å². The van der Waals surface area contributed by atoms with Crippen LogP contribution < -0.4 is 4.74 Å². The third kappa shape index (κ3) is 2.77. The van der Waals surface area contributed by atoms with Gasteiger partial charge in [-0.2, -0.15) is 10.4 Å². The zero-order valence-corrected chi connectivity index (χ0v) is 13.4. The zero-order chi connectivity index (χ0) is 15.5. The summed E-state index contributed by atoms with van der Waals surface area (Å²) in [6, 6.07) is 5.98. The molecule has 5 nitrogen and oxygen atoms in total. The molecule has 0 atom stereocenters. The van der Waals surface area contributed by atoms with Gasteiger partial charge >= 0.3 is 0 Å². The standard InChI is InChI=1S/C16H16N4OS/c1-10-12-4-3-5-14(12)18-16(13(10)8-17)22-9-11-6-7-15(21-2)20-19-11/h6-7H,3-5,9H2,1-2H3. The number of pyridine rings is 1. The Kier molecular flexibility index (Phi) is 4.25. The van der Waals surface area contributed by atoms with Gasteiger partial charge < -0.3 is 4.74 Å². The molecule has 0 amide bonds. The number of rotatable bonds is 4. The summed E-state index contributed by atoms with van der Waals surface area (Å²) < 4.78 is 5.00. The smallest absolute Gasteiger partial charge is 0.233 e. The van der Waals surface area contributed by atoms with Crippen LogP contribution in [0.2, 0.25) is 0 Å². The van der Waals surface area contributed by atoms with Crippen molar-refractivity contribution in [2.24, 2.45) is 0 Å².